The summed E-state index contributed by atoms with van der Waals surface area (Å²) in [5.41, 5.74) is 7.79. The van der Waals surface area contributed by atoms with Gasteiger partial charge in [-0.15, -0.1) is 0 Å². The Hall–Kier alpha value is -1.38. The van der Waals surface area contributed by atoms with Crippen LogP contribution in [0.1, 0.15) is 51.9 Å². The van der Waals surface area contributed by atoms with Gasteiger partial charge in [0.05, 0.1) is 12.3 Å². The van der Waals surface area contributed by atoms with Crippen molar-refractivity contribution in [2.24, 2.45) is 0 Å². The van der Waals surface area contributed by atoms with Gasteiger partial charge in [-0.3, -0.25) is 0 Å². The van der Waals surface area contributed by atoms with Gasteiger partial charge in [0.15, 0.2) is 0 Å². The number of hydrogen-bond donors (Lipinski definition) is 2. The van der Waals surface area contributed by atoms with E-state index in [0.717, 1.165) is 30.2 Å². The Morgan fingerprint density at radius 3 is 2.63 bits per heavy atom. The van der Waals surface area contributed by atoms with Crippen molar-refractivity contribution in [3.63, 3.8) is 0 Å². The fraction of sp³-hybridized carbons (Fsp3) is 0.625. The van der Waals surface area contributed by atoms with Crippen LogP contribution in [0.25, 0.3) is 0 Å². The van der Waals surface area contributed by atoms with E-state index in [2.05, 4.69) is 18.3 Å². The van der Waals surface area contributed by atoms with Crippen LogP contribution in [0.3, 0.4) is 0 Å². The van der Waals surface area contributed by atoms with E-state index in [1.54, 1.807) is 0 Å². The number of nitrogens with one attached hydrogen (secondary N) is 1. The molecule has 0 aromatic heterocycles. The van der Waals surface area contributed by atoms with Crippen LogP contribution in [0.2, 0.25) is 0 Å². The van der Waals surface area contributed by atoms with Crippen LogP contribution in [0.4, 0.5) is 11.4 Å². The summed E-state index contributed by atoms with van der Waals surface area (Å²) in [5.74, 6) is 0.806. The number of nitrogens with two attached hydrogens (primary N) is 1. The van der Waals surface area contributed by atoms with Gasteiger partial charge in [0, 0.05) is 17.8 Å². The van der Waals surface area contributed by atoms with E-state index in [0.29, 0.717) is 6.04 Å². The number of benzene rings is 1. The molecule has 106 valence electrons. The number of nitrogen functional groups attached to an aromatic ring is 1. The molecule has 0 radical (unpaired) electrons. The molecule has 0 unspecified atom stereocenters. The first-order valence-electron chi connectivity index (χ1n) is 7.58. The standard InChI is InChI=1S/C16H26N2O/c1-2-11-19-16-12-14(9-10-15(16)17)18-13-7-5-3-4-6-8-13/h9-10,12-13,18H,2-8,11,17H2,1H3. The Morgan fingerprint density at radius 2 is 1.95 bits per heavy atom. The summed E-state index contributed by atoms with van der Waals surface area (Å²) in [5, 5.41) is 3.63. The second-order valence-electron chi connectivity index (χ2n) is 5.43. The largest absolute Gasteiger partial charge is 0.491 e. The third-order valence-corrected chi connectivity index (χ3v) is 3.70. The molecule has 1 aliphatic carbocycles. The highest BCUT2D eigenvalue weighted by Crippen LogP contribution is 2.28. The van der Waals surface area contributed by atoms with Crippen molar-refractivity contribution >= 4 is 11.4 Å². The average molecular weight is 262 g/mol. The lowest BCUT2D eigenvalue weighted by Crippen LogP contribution is -2.18. The van der Waals surface area contributed by atoms with Crippen molar-refractivity contribution in [1.29, 1.82) is 0 Å². The molecule has 0 saturated heterocycles. The highest BCUT2D eigenvalue weighted by molar-refractivity contribution is 5.61. The van der Waals surface area contributed by atoms with Gasteiger partial charge in [0.1, 0.15) is 5.75 Å². The molecule has 1 fully saturated rings. The fourth-order valence-electron chi connectivity index (χ4n) is 2.62. The average Bonchev–Trinajstić information content (AvgIpc) is 2.68. The van der Waals surface area contributed by atoms with E-state index in [-0.39, 0.29) is 0 Å². The lowest BCUT2D eigenvalue weighted by molar-refractivity contribution is 0.319. The van der Waals surface area contributed by atoms with Crippen LogP contribution in [0, 0.1) is 0 Å². The van der Waals surface area contributed by atoms with E-state index in [4.69, 9.17) is 10.5 Å². The lowest BCUT2D eigenvalue weighted by atomic mass is 10.1. The minimum Gasteiger partial charge on any atom is -0.491 e. The van der Waals surface area contributed by atoms with Gasteiger partial charge in [-0.25, -0.2) is 0 Å². The zero-order valence-electron chi connectivity index (χ0n) is 12.0. The molecule has 1 saturated carbocycles. The third kappa shape index (κ3) is 4.34. The second-order valence-corrected chi connectivity index (χ2v) is 5.43. The van der Waals surface area contributed by atoms with Crippen LogP contribution in [-0.2, 0) is 0 Å². The van der Waals surface area contributed by atoms with E-state index in [1.165, 1.54) is 38.5 Å². The van der Waals surface area contributed by atoms with Crippen LogP contribution >= 0.6 is 0 Å². The van der Waals surface area contributed by atoms with Crippen molar-refractivity contribution < 1.29 is 4.74 Å². The van der Waals surface area contributed by atoms with Gasteiger partial charge in [-0.2, -0.15) is 0 Å². The molecular weight excluding hydrogens is 236 g/mol. The molecular formula is C16H26N2O. The summed E-state index contributed by atoms with van der Waals surface area (Å²) in [6.45, 7) is 2.82. The number of rotatable bonds is 5. The summed E-state index contributed by atoms with van der Waals surface area (Å²) >= 11 is 0. The predicted octanol–water partition coefficient (Wildman–Crippen LogP) is 4.19. The van der Waals surface area contributed by atoms with Gasteiger partial charge in [0.2, 0.25) is 0 Å². The minimum atomic E-state index is 0.602. The molecule has 1 aromatic carbocycles. The van der Waals surface area contributed by atoms with Gasteiger partial charge in [-0.05, 0) is 31.4 Å². The molecule has 1 aromatic rings. The summed E-state index contributed by atoms with van der Waals surface area (Å²) in [6.07, 6.45) is 8.98. The summed E-state index contributed by atoms with van der Waals surface area (Å²) in [7, 11) is 0. The van der Waals surface area contributed by atoms with E-state index in [9.17, 15) is 0 Å². The topological polar surface area (TPSA) is 47.3 Å². The smallest absolute Gasteiger partial charge is 0.144 e. The van der Waals surface area contributed by atoms with Gasteiger partial charge >= 0.3 is 0 Å². The van der Waals surface area contributed by atoms with Crippen molar-refractivity contribution in [2.75, 3.05) is 17.7 Å². The minimum absolute atomic E-state index is 0.602. The Labute approximate surface area is 116 Å². The summed E-state index contributed by atoms with van der Waals surface area (Å²) < 4.78 is 5.68. The summed E-state index contributed by atoms with van der Waals surface area (Å²) in [4.78, 5) is 0. The number of ether oxygens (including phenoxy) is 1. The quantitative estimate of drug-likeness (QED) is 0.618. The molecule has 0 aliphatic heterocycles. The molecule has 0 amide bonds. The van der Waals surface area contributed by atoms with E-state index >= 15 is 0 Å². The lowest BCUT2D eigenvalue weighted by Gasteiger charge is -2.19. The van der Waals surface area contributed by atoms with Crippen LogP contribution < -0.4 is 15.8 Å². The molecule has 0 spiro atoms. The first kappa shape index (κ1) is 14.0. The molecule has 3 nitrogen and oxygen atoms in total. The van der Waals surface area contributed by atoms with E-state index in [1.807, 2.05) is 12.1 Å². The first-order valence-corrected chi connectivity index (χ1v) is 7.58. The zero-order valence-corrected chi connectivity index (χ0v) is 12.0. The zero-order chi connectivity index (χ0) is 13.5. The SMILES string of the molecule is CCCOc1cc(NC2CCCCCC2)ccc1N. The molecule has 1 aliphatic rings. The Morgan fingerprint density at radius 1 is 1.21 bits per heavy atom. The molecule has 2 rings (SSSR count). The number of hydrogen-bond acceptors (Lipinski definition) is 3. The molecule has 3 N–H and O–H groups in total. The third-order valence-electron chi connectivity index (χ3n) is 3.70. The maximum atomic E-state index is 5.94. The van der Waals surface area contributed by atoms with Crippen molar-refractivity contribution in [3.8, 4) is 5.75 Å². The highest BCUT2D eigenvalue weighted by Gasteiger charge is 2.12. The molecule has 0 atom stereocenters. The van der Waals surface area contributed by atoms with Crippen LogP contribution in [-0.4, -0.2) is 12.6 Å². The Kier molecular flexibility index (Phi) is 5.37. The van der Waals surface area contributed by atoms with Crippen molar-refractivity contribution in [3.05, 3.63) is 18.2 Å². The first-order chi connectivity index (χ1) is 9.29. The predicted molar refractivity (Wildman–Crippen MR) is 81.8 cm³/mol. The molecule has 0 bridgehead atoms. The second kappa shape index (κ2) is 7.27. The molecule has 3 heteroatoms. The van der Waals surface area contributed by atoms with Gasteiger partial charge in [-0.1, -0.05) is 32.6 Å². The van der Waals surface area contributed by atoms with Crippen LogP contribution in [0.15, 0.2) is 18.2 Å². The molecule has 19 heavy (non-hydrogen) atoms. The van der Waals surface area contributed by atoms with Crippen molar-refractivity contribution in [1.82, 2.24) is 0 Å². The highest BCUT2D eigenvalue weighted by atomic mass is 16.5. The van der Waals surface area contributed by atoms with Gasteiger partial charge < -0.3 is 15.8 Å². The fourth-order valence-corrected chi connectivity index (χ4v) is 2.62. The normalized spacial score (nSPS) is 16.9. The van der Waals surface area contributed by atoms with E-state index < -0.39 is 0 Å². The Bertz CT molecular complexity index is 384. The molecule has 0 heterocycles. The van der Waals surface area contributed by atoms with Crippen LogP contribution in [0.5, 0.6) is 5.75 Å². The maximum Gasteiger partial charge on any atom is 0.144 e. The maximum absolute atomic E-state index is 5.94. The van der Waals surface area contributed by atoms with Gasteiger partial charge in [0.25, 0.3) is 0 Å². The number of anilines is 2. The Balaban J connectivity index is 1.98. The monoisotopic (exact) mass is 262 g/mol. The summed E-state index contributed by atoms with van der Waals surface area (Å²) in [6, 6.07) is 6.63. The van der Waals surface area contributed by atoms with Crippen molar-refractivity contribution in [2.45, 2.75) is 57.9 Å².